The first-order chi connectivity index (χ1) is 9.99. The number of nitrogens with one attached hydrogen (secondary N) is 1. The average Bonchev–Trinajstić information content (AvgIpc) is 2.47. The molecule has 0 spiro atoms. The van der Waals surface area contributed by atoms with E-state index >= 15 is 0 Å². The Morgan fingerprint density at radius 1 is 1.52 bits per heavy atom. The van der Waals surface area contributed by atoms with Crippen molar-refractivity contribution in [2.24, 2.45) is 0 Å². The van der Waals surface area contributed by atoms with Crippen molar-refractivity contribution in [1.82, 2.24) is 15.1 Å². The van der Waals surface area contributed by atoms with Crippen LogP contribution >= 0.6 is 0 Å². The van der Waals surface area contributed by atoms with E-state index in [1.807, 2.05) is 22.9 Å². The zero-order valence-corrected chi connectivity index (χ0v) is 13.0. The van der Waals surface area contributed by atoms with Gasteiger partial charge in [-0.25, -0.2) is 4.39 Å². The minimum absolute atomic E-state index is 0.0949. The summed E-state index contributed by atoms with van der Waals surface area (Å²) in [7, 11) is 1.95. The highest BCUT2D eigenvalue weighted by molar-refractivity contribution is 5.79. The van der Waals surface area contributed by atoms with Gasteiger partial charge in [0.25, 0.3) is 0 Å². The molecule has 1 heterocycles. The quantitative estimate of drug-likeness (QED) is 0.916. The van der Waals surface area contributed by atoms with Crippen molar-refractivity contribution in [3.8, 4) is 0 Å². The van der Waals surface area contributed by atoms with Crippen LogP contribution in [0.25, 0.3) is 0 Å². The van der Waals surface area contributed by atoms with Crippen molar-refractivity contribution in [1.29, 1.82) is 0 Å². The largest absolute Gasteiger partial charge is 0.332 e. The molecule has 0 aliphatic carbocycles. The molecule has 2 rings (SSSR count). The first kappa shape index (κ1) is 15.9. The van der Waals surface area contributed by atoms with Crippen molar-refractivity contribution < 1.29 is 9.18 Å². The minimum Gasteiger partial charge on any atom is -0.332 e. The summed E-state index contributed by atoms with van der Waals surface area (Å²) in [5.41, 5.74) is 0.850. The summed E-state index contributed by atoms with van der Waals surface area (Å²) in [6, 6.07) is 6.75. The van der Waals surface area contributed by atoms with Crippen LogP contribution in [0.4, 0.5) is 4.39 Å². The Bertz CT molecular complexity index is 492. The number of likely N-dealkylation sites (N-methyl/N-ethyl adjacent to an activating group) is 1. The van der Waals surface area contributed by atoms with Crippen LogP contribution in [0.3, 0.4) is 0 Å². The SMILES string of the molecule is CC(C)N(C)CC(=O)N1CCNCC1c1cccc(F)c1. The van der Waals surface area contributed by atoms with E-state index < -0.39 is 0 Å². The molecule has 116 valence electrons. The number of rotatable bonds is 4. The summed E-state index contributed by atoms with van der Waals surface area (Å²) in [4.78, 5) is 16.4. The van der Waals surface area contributed by atoms with Crippen molar-refractivity contribution in [3.05, 3.63) is 35.6 Å². The van der Waals surface area contributed by atoms with E-state index in [1.165, 1.54) is 12.1 Å². The Morgan fingerprint density at radius 2 is 2.29 bits per heavy atom. The summed E-state index contributed by atoms with van der Waals surface area (Å²) in [5.74, 6) is -0.160. The number of benzene rings is 1. The smallest absolute Gasteiger partial charge is 0.237 e. The van der Waals surface area contributed by atoms with Gasteiger partial charge in [0, 0.05) is 25.7 Å². The van der Waals surface area contributed by atoms with E-state index in [0.717, 1.165) is 12.1 Å². The van der Waals surface area contributed by atoms with Crippen molar-refractivity contribution >= 4 is 5.91 Å². The van der Waals surface area contributed by atoms with Gasteiger partial charge in [-0.3, -0.25) is 9.69 Å². The lowest BCUT2D eigenvalue weighted by Gasteiger charge is -2.37. The first-order valence-corrected chi connectivity index (χ1v) is 7.45. The van der Waals surface area contributed by atoms with E-state index in [-0.39, 0.29) is 17.8 Å². The maximum absolute atomic E-state index is 13.4. The summed E-state index contributed by atoms with van der Waals surface area (Å²) in [5, 5.41) is 3.28. The summed E-state index contributed by atoms with van der Waals surface area (Å²) in [6.07, 6.45) is 0. The minimum atomic E-state index is -0.259. The zero-order valence-electron chi connectivity index (χ0n) is 13.0. The molecule has 1 amide bonds. The number of hydrogen-bond donors (Lipinski definition) is 1. The molecule has 1 aromatic carbocycles. The lowest BCUT2D eigenvalue weighted by atomic mass is 10.0. The fourth-order valence-corrected chi connectivity index (χ4v) is 2.50. The van der Waals surface area contributed by atoms with Gasteiger partial charge in [-0.05, 0) is 38.6 Å². The Balaban J connectivity index is 2.13. The number of carbonyl (C=O) groups excluding carboxylic acids is 1. The molecule has 1 saturated heterocycles. The maximum Gasteiger partial charge on any atom is 0.237 e. The molecule has 21 heavy (non-hydrogen) atoms. The average molecular weight is 293 g/mol. The molecule has 0 radical (unpaired) electrons. The number of halogens is 1. The highest BCUT2D eigenvalue weighted by Gasteiger charge is 2.28. The molecule has 1 N–H and O–H groups in total. The third-order valence-electron chi connectivity index (χ3n) is 4.06. The van der Waals surface area contributed by atoms with Gasteiger partial charge in [0.05, 0.1) is 12.6 Å². The molecule has 1 aliphatic heterocycles. The molecule has 0 saturated carbocycles. The second-order valence-electron chi connectivity index (χ2n) is 5.87. The van der Waals surface area contributed by atoms with Gasteiger partial charge in [0.1, 0.15) is 5.82 Å². The fraction of sp³-hybridized carbons (Fsp3) is 0.562. The standard InChI is InChI=1S/C16H24FN3O/c1-12(2)19(3)11-16(21)20-8-7-18-10-15(20)13-5-4-6-14(17)9-13/h4-6,9,12,15,18H,7-8,10-11H2,1-3H3. The first-order valence-electron chi connectivity index (χ1n) is 7.45. The van der Waals surface area contributed by atoms with E-state index in [9.17, 15) is 9.18 Å². The van der Waals surface area contributed by atoms with Crippen LogP contribution in [0.1, 0.15) is 25.5 Å². The van der Waals surface area contributed by atoms with Crippen LogP contribution in [0, 0.1) is 5.82 Å². The van der Waals surface area contributed by atoms with Crippen molar-refractivity contribution in [3.63, 3.8) is 0 Å². The lowest BCUT2D eigenvalue weighted by Crippen LogP contribution is -2.51. The summed E-state index contributed by atoms with van der Waals surface area (Å²) < 4.78 is 13.4. The second-order valence-corrected chi connectivity index (χ2v) is 5.87. The van der Waals surface area contributed by atoms with E-state index in [2.05, 4.69) is 19.2 Å². The number of amides is 1. The molecule has 0 aromatic heterocycles. The van der Waals surface area contributed by atoms with Crippen LogP contribution in [0.5, 0.6) is 0 Å². The molecule has 1 unspecified atom stereocenters. The van der Waals surface area contributed by atoms with Crippen LogP contribution < -0.4 is 5.32 Å². The molecule has 1 atom stereocenters. The van der Waals surface area contributed by atoms with Crippen LogP contribution in [0.15, 0.2) is 24.3 Å². The number of hydrogen-bond acceptors (Lipinski definition) is 3. The maximum atomic E-state index is 13.4. The van der Waals surface area contributed by atoms with Gasteiger partial charge in [0.2, 0.25) is 5.91 Å². The Hall–Kier alpha value is -1.46. The lowest BCUT2D eigenvalue weighted by molar-refractivity contribution is -0.135. The van der Waals surface area contributed by atoms with Crippen LogP contribution in [-0.4, -0.2) is 55.0 Å². The highest BCUT2D eigenvalue weighted by atomic mass is 19.1. The Morgan fingerprint density at radius 3 is 2.95 bits per heavy atom. The van der Waals surface area contributed by atoms with Crippen LogP contribution in [0.2, 0.25) is 0 Å². The number of nitrogens with zero attached hydrogens (tertiary/aromatic N) is 2. The second kappa shape index (κ2) is 7.00. The topological polar surface area (TPSA) is 35.6 Å². The van der Waals surface area contributed by atoms with Crippen molar-refractivity contribution in [2.75, 3.05) is 33.2 Å². The van der Waals surface area contributed by atoms with Gasteiger partial charge >= 0.3 is 0 Å². The third-order valence-corrected chi connectivity index (χ3v) is 4.06. The van der Waals surface area contributed by atoms with Gasteiger partial charge in [0.15, 0.2) is 0 Å². The highest BCUT2D eigenvalue weighted by Crippen LogP contribution is 2.23. The molecule has 4 nitrogen and oxygen atoms in total. The Kier molecular flexibility index (Phi) is 5.31. The predicted molar refractivity (Wildman–Crippen MR) is 81.5 cm³/mol. The van der Waals surface area contributed by atoms with Gasteiger partial charge in [-0.15, -0.1) is 0 Å². The number of piperazine rings is 1. The number of carbonyl (C=O) groups is 1. The monoisotopic (exact) mass is 293 g/mol. The molecule has 1 aromatic rings. The fourth-order valence-electron chi connectivity index (χ4n) is 2.50. The van der Waals surface area contributed by atoms with E-state index in [0.29, 0.717) is 25.7 Å². The van der Waals surface area contributed by atoms with E-state index in [4.69, 9.17) is 0 Å². The van der Waals surface area contributed by atoms with Crippen LogP contribution in [-0.2, 0) is 4.79 Å². The molecule has 1 aliphatic rings. The summed E-state index contributed by atoms with van der Waals surface area (Å²) >= 11 is 0. The molecular formula is C16H24FN3O. The molecule has 0 bridgehead atoms. The normalized spacial score (nSPS) is 19.3. The third kappa shape index (κ3) is 4.02. The Labute approximate surface area is 125 Å². The van der Waals surface area contributed by atoms with E-state index in [1.54, 1.807) is 6.07 Å². The van der Waals surface area contributed by atoms with Crippen molar-refractivity contribution in [2.45, 2.75) is 25.9 Å². The molecular weight excluding hydrogens is 269 g/mol. The van der Waals surface area contributed by atoms with Gasteiger partial charge < -0.3 is 10.2 Å². The summed E-state index contributed by atoms with van der Waals surface area (Å²) in [6.45, 7) is 6.63. The van der Waals surface area contributed by atoms with Gasteiger partial charge in [-0.1, -0.05) is 12.1 Å². The molecule has 5 heteroatoms. The van der Waals surface area contributed by atoms with Gasteiger partial charge in [-0.2, -0.15) is 0 Å². The molecule has 1 fully saturated rings. The zero-order chi connectivity index (χ0) is 15.4. The predicted octanol–water partition coefficient (Wildman–Crippen LogP) is 1.64.